The molecule has 1 heterocycles. The lowest BCUT2D eigenvalue weighted by Gasteiger charge is -2.29. The molecule has 0 aromatic carbocycles. The quantitative estimate of drug-likeness (QED) is 0.537. The molecule has 0 radical (unpaired) electrons. The van der Waals surface area contributed by atoms with Crippen molar-refractivity contribution in [3.05, 3.63) is 0 Å². The second kappa shape index (κ2) is 2.04. The molecule has 1 aliphatic rings. The molecule has 3 heteroatoms. The fraction of sp³-hybridized carbons (Fsp3) is 0.600. The lowest BCUT2D eigenvalue weighted by molar-refractivity contribution is 0.158. The van der Waals surface area contributed by atoms with Crippen molar-refractivity contribution >= 4 is 15.9 Å². The predicted molar refractivity (Wildman–Crippen MR) is 33.4 cm³/mol. The average Bonchev–Trinajstić information content (AvgIpc) is 1.64. The van der Waals surface area contributed by atoms with Crippen molar-refractivity contribution in [2.75, 3.05) is 13.1 Å². The van der Waals surface area contributed by atoms with Crippen LogP contribution in [0.3, 0.4) is 0 Å². The van der Waals surface area contributed by atoms with Crippen molar-refractivity contribution in [2.24, 2.45) is 0 Å². The highest BCUT2D eigenvalue weighted by Crippen LogP contribution is 2.14. The lowest BCUT2D eigenvalue weighted by Crippen LogP contribution is -2.55. The largest absolute Gasteiger partial charge is 0.308 e. The van der Waals surface area contributed by atoms with Gasteiger partial charge in [-0.3, -0.25) is 0 Å². The van der Waals surface area contributed by atoms with Crippen LogP contribution in [-0.4, -0.2) is 18.8 Å². The van der Waals surface area contributed by atoms with Gasteiger partial charge in [-0.2, -0.15) is 0 Å². The molecule has 1 N–H and O–H groups in total. The topological polar surface area (TPSA) is 12.0 Å². The molecule has 0 saturated carbocycles. The van der Waals surface area contributed by atoms with E-state index in [0.717, 1.165) is 0 Å². The second-order valence-corrected chi connectivity index (χ2v) is 2.18. The minimum atomic E-state index is -1.25. The third-order valence-corrected chi connectivity index (χ3v) is 1.28. The number of alkyl halides is 1. The van der Waals surface area contributed by atoms with E-state index in [-0.39, 0.29) is 0 Å². The first-order valence-electron chi connectivity index (χ1n) is 2.29. The summed E-state index contributed by atoms with van der Waals surface area (Å²) >= 11 is 2.83. The fourth-order valence-electron chi connectivity index (χ4n) is 0.518. The molecule has 1 rings (SSSR count). The standard InChI is InChI=1S/C5H5BrFN/c6-2-1-5(7)3-8-4-5/h8H,3-4H2. The third kappa shape index (κ3) is 1.01. The van der Waals surface area contributed by atoms with Crippen molar-refractivity contribution in [3.63, 3.8) is 0 Å². The van der Waals surface area contributed by atoms with Crippen LogP contribution in [0.15, 0.2) is 0 Å². The molecule has 1 aliphatic heterocycles. The average molecular weight is 178 g/mol. The van der Waals surface area contributed by atoms with Gasteiger partial charge in [0.2, 0.25) is 0 Å². The van der Waals surface area contributed by atoms with Crippen LogP contribution in [0.4, 0.5) is 4.39 Å². The Morgan fingerprint density at radius 3 is 2.38 bits per heavy atom. The summed E-state index contributed by atoms with van der Waals surface area (Å²) in [5.41, 5.74) is -1.25. The molecule has 1 fully saturated rings. The first-order chi connectivity index (χ1) is 3.77. The normalized spacial score (nSPS) is 22.8. The van der Waals surface area contributed by atoms with Crippen LogP contribution < -0.4 is 5.32 Å². The monoisotopic (exact) mass is 177 g/mol. The zero-order chi connectivity index (χ0) is 6.04. The number of hydrogen-bond acceptors (Lipinski definition) is 1. The van der Waals surface area contributed by atoms with E-state index in [2.05, 4.69) is 32.0 Å². The van der Waals surface area contributed by atoms with Gasteiger partial charge in [0.25, 0.3) is 0 Å². The third-order valence-electron chi connectivity index (χ3n) is 1.08. The molecule has 0 aliphatic carbocycles. The Kier molecular flexibility index (Phi) is 1.54. The first-order valence-corrected chi connectivity index (χ1v) is 3.09. The van der Waals surface area contributed by atoms with Gasteiger partial charge in [-0.25, -0.2) is 4.39 Å². The number of rotatable bonds is 0. The molecule has 8 heavy (non-hydrogen) atoms. The van der Waals surface area contributed by atoms with Gasteiger partial charge < -0.3 is 5.32 Å². The van der Waals surface area contributed by atoms with Gasteiger partial charge in [-0.15, -0.1) is 0 Å². The molecule has 1 saturated heterocycles. The van der Waals surface area contributed by atoms with Crippen molar-refractivity contribution in [3.8, 4) is 10.8 Å². The van der Waals surface area contributed by atoms with E-state index in [4.69, 9.17) is 0 Å². The summed E-state index contributed by atoms with van der Waals surface area (Å²) < 4.78 is 12.6. The maximum Gasteiger partial charge on any atom is 0.196 e. The molecule has 0 amide bonds. The summed E-state index contributed by atoms with van der Waals surface area (Å²) in [6.07, 6.45) is 0. The highest BCUT2D eigenvalue weighted by molar-refractivity contribution is 9.12. The summed E-state index contributed by atoms with van der Waals surface area (Å²) in [4.78, 5) is 2.36. The zero-order valence-electron chi connectivity index (χ0n) is 4.17. The summed E-state index contributed by atoms with van der Waals surface area (Å²) in [7, 11) is 0. The molecule has 0 unspecified atom stereocenters. The molecule has 1 nitrogen and oxygen atoms in total. The molecular formula is C5H5BrFN. The number of halogens is 2. The van der Waals surface area contributed by atoms with E-state index in [1.807, 2.05) is 0 Å². The van der Waals surface area contributed by atoms with Crippen LogP contribution in [0, 0.1) is 10.8 Å². The SMILES string of the molecule is FC1(C#CBr)CNC1. The van der Waals surface area contributed by atoms with Crippen molar-refractivity contribution in [1.82, 2.24) is 5.32 Å². The molecule has 44 valence electrons. The van der Waals surface area contributed by atoms with Gasteiger partial charge in [0.1, 0.15) is 0 Å². The smallest absolute Gasteiger partial charge is 0.196 e. The van der Waals surface area contributed by atoms with Crippen LogP contribution in [0.1, 0.15) is 0 Å². The van der Waals surface area contributed by atoms with Crippen LogP contribution in [0.2, 0.25) is 0 Å². The Morgan fingerprint density at radius 1 is 1.62 bits per heavy atom. The van der Waals surface area contributed by atoms with E-state index in [1.165, 1.54) is 0 Å². The Bertz CT molecular complexity index is 142. The second-order valence-electron chi connectivity index (χ2n) is 1.79. The van der Waals surface area contributed by atoms with Crippen LogP contribution in [-0.2, 0) is 0 Å². The molecular weight excluding hydrogens is 173 g/mol. The molecule has 0 bridgehead atoms. The maximum absolute atomic E-state index is 12.6. The number of nitrogens with one attached hydrogen (secondary N) is 1. The summed E-state index contributed by atoms with van der Waals surface area (Å²) in [5.74, 6) is 2.40. The van der Waals surface area contributed by atoms with Gasteiger partial charge in [0, 0.05) is 29.0 Å². The van der Waals surface area contributed by atoms with Crippen LogP contribution in [0.25, 0.3) is 0 Å². The van der Waals surface area contributed by atoms with Crippen molar-refractivity contribution < 1.29 is 4.39 Å². The fourth-order valence-corrected chi connectivity index (χ4v) is 0.873. The van der Waals surface area contributed by atoms with E-state index in [9.17, 15) is 4.39 Å². The van der Waals surface area contributed by atoms with E-state index >= 15 is 0 Å². The van der Waals surface area contributed by atoms with E-state index in [1.54, 1.807) is 0 Å². The van der Waals surface area contributed by atoms with Crippen LogP contribution >= 0.6 is 15.9 Å². The molecule has 0 spiro atoms. The first kappa shape index (κ1) is 6.06. The molecule has 0 atom stereocenters. The Hall–Kier alpha value is -0.0700. The minimum absolute atomic E-state index is 0.367. The van der Waals surface area contributed by atoms with E-state index in [0.29, 0.717) is 13.1 Å². The summed E-state index contributed by atoms with van der Waals surface area (Å²) in [5, 5.41) is 2.79. The van der Waals surface area contributed by atoms with Crippen LogP contribution in [0.5, 0.6) is 0 Å². The van der Waals surface area contributed by atoms with Gasteiger partial charge in [0.05, 0.1) is 0 Å². The van der Waals surface area contributed by atoms with Gasteiger partial charge in [-0.1, -0.05) is 0 Å². The maximum atomic E-state index is 12.6. The zero-order valence-corrected chi connectivity index (χ0v) is 5.76. The lowest BCUT2D eigenvalue weighted by atomic mass is 10.0. The molecule has 0 aromatic heterocycles. The van der Waals surface area contributed by atoms with Crippen molar-refractivity contribution in [1.29, 1.82) is 0 Å². The molecule has 0 aromatic rings. The highest BCUT2D eigenvalue weighted by atomic mass is 79.9. The predicted octanol–water partition coefficient (Wildman–Crippen LogP) is 0.654. The van der Waals surface area contributed by atoms with Gasteiger partial charge in [-0.05, 0) is 10.8 Å². The van der Waals surface area contributed by atoms with Gasteiger partial charge >= 0.3 is 0 Å². The van der Waals surface area contributed by atoms with E-state index < -0.39 is 5.67 Å². The Morgan fingerprint density at radius 2 is 2.25 bits per heavy atom. The Labute approximate surface area is 55.8 Å². The Balaban J connectivity index is 2.49. The summed E-state index contributed by atoms with van der Waals surface area (Å²) in [6, 6.07) is 0. The number of hydrogen-bond donors (Lipinski definition) is 1. The van der Waals surface area contributed by atoms with Crippen molar-refractivity contribution in [2.45, 2.75) is 5.67 Å². The minimum Gasteiger partial charge on any atom is -0.308 e. The highest BCUT2D eigenvalue weighted by Gasteiger charge is 2.34. The summed E-state index contributed by atoms with van der Waals surface area (Å²) in [6.45, 7) is 0.733. The van der Waals surface area contributed by atoms with Gasteiger partial charge in [0.15, 0.2) is 5.67 Å².